The number of para-hydroxylation sites is 1. The minimum absolute atomic E-state index is 0.0540. The number of carbonyl (C=O) groups excluding carboxylic acids is 1. The first-order valence-corrected chi connectivity index (χ1v) is 11.1. The van der Waals surface area contributed by atoms with Crippen molar-refractivity contribution in [3.05, 3.63) is 107 Å². The maximum Gasteiger partial charge on any atom is 0.221 e. The molecule has 1 aromatic heterocycles. The molecule has 0 radical (unpaired) electrons. The molecule has 0 bridgehead atoms. The summed E-state index contributed by atoms with van der Waals surface area (Å²) in [5, 5.41) is 4.15. The molecule has 3 aromatic carbocycles. The predicted octanol–water partition coefficient (Wildman–Crippen LogP) is 5.79. The summed E-state index contributed by atoms with van der Waals surface area (Å²) in [5.74, 6) is -0.0540. The third-order valence-electron chi connectivity index (χ3n) is 6.13. The Balaban J connectivity index is 1.40. The summed E-state index contributed by atoms with van der Waals surface area (Å²) in [7, 11) is 0. The highest BCUT2D eigenvalue weighted by molar-refractivity contribution is 5.88. The van der Waals surface area contributed by atoms with Gasteiger partial charge in [-0.1, -0.05) is 72.8 Å². The van der Waals surface area contributed by atoms with Crippen LogP contribution >= 0.6 is 0 Å². The first kappa shape index (κ1) is 20.3. The molecule has 1 unspecified atom stereocenters. The lowest BCUT2D eigenvalue weighted by molar-refractivity contribution is -0.114. The van der Waals surface area contributed by atoms with Gasteiger partial charge >= 0.3 is 0 Å². The van der Waals surface area contributed by atoms with E-state index in [-0.39, 0.29) is 11.9 Å². The van der Waals surface area contributed by atoms with Crippen molar-refractivity contribution in [1.82, 2.24) is 9.88 Å². The molecule has 32 heavy (non-hydrogen) atoms. The van der Waals surface area contributed by atoms with Crippen LogP contribution < -0.4 is 5.32 Å². The Morgan fingerprint density at radius 1 is 1.03 bits per heavy atom. The Kier molecular flexibility index (Phi) is 5.61. The standard InChI is InChI=1S/C28H27N3O/c1-20(32)29-23-15-13-21(14-16-23)8-7-18-31-19-17-25-24-11-5-6-12-26(24)30-27(25)28(31)22-9-3-2-4-10-22/h2-16,28,30H,17-19H2,1H3,(H,29,32). The number of aromatic nitrogens is 1. The Hall–Kier alpha value is -3.63. The van der Waals surface area contributed by atoms with Crippen LogP contribution in [0.1, 0.15) is 35.3 Å². The number of anilines is 1. The molecule has 0 fully saturated rings. The number of amides is 1. The summed E-state index contributed by atoms with van der Waals surface area (Å²) >= 11 is 0. The quantitative estimate of drug-likeness (QED) is 0.429. The molecule has 1 amide bonds. The van der Waals surface area contributed by atoms with Gasteiger partial charge in [-0.25, -0.2) is 0 Å². The molecule has 2 heterocycles. The molecule has 0 saturated heterocycles. The van der Waals surface area contributed by atoms with Crippen LogP contribution in [0.3, 0.4) is 0 Å². The molecule has 1 atom stereocenters. The van der Waals surface area contributed by atoms with Gasteiger partial charge in [0.2, 0.25) is 5.91 Å². The summed E-state index contributed by atoms with van der Waals surface area (Å²) in [4.78, 5) is 17.5. The van der Waals surface area contributed by atoms with Crippen molar-refractivity contribution >= 4 is 28.6 Å². The van der Waals surface area contributed by atoms with Gasteiger partial charge in [0.1, 0.15) is 0 Å². The molecule has 4 aromatic rings. The van der Waals surface area contributed by atoms with Gasteiger partial charge in [-0.05, 0) is 41.3 Å². The second kappa shape index (κ2) is 8.85. The second-order valence-electron chi connectivity index (χ2n) is 8.33. The van der Waals surface area contributed by atoms with Crippen molar-refractivity contribution in [2.45, 2.75) is 19.4 Å². The third-order valence-corrected chi connectivity index (χ3v) is 6.13. The van der Waals surface area contributed by atoms with E-state index >= 15 is 0 Å². The predicted molar refractivity (Wildman–Crippen MR) is 132 cm³/mol. The average Bonchev–Trinajstić information content (AvgIpc) is 3.19. The highest BCUT2D eigenvalue weighted by atomic mass is 16.1. The molecular weight excluding hydrogens is 394 g/mol. The van der Waals surface area contributed by atoms with Crippen molar-refractivity contribution in [2.24, 2.45) is 0 Å². The van der Waals surface area contributed by atoms with Gasteiger partial charge in [0, 0.05) is 42.3 Å². The van der Waals surface area contributed by atoms with Crippen molar-refractivity contribution in [1.29, 1.82) is 0 Å². The molecule has 160 valence electrons. The van der Waals surface area contributed by atoms with Crippen molar-refractivity contribution < 1.29 is 4.79 Å². The SMILES string of the molecule is CC(=O)Nc1ccc(C=CCN2CCc3c([nH]c4ccccc34)C2c2ccccc2)cc1. The normalized spacial score (nSPS) is 16.3. The zero-order valence-corrected chi connectivity index (χ0v) is 18.2. The zero-order valence-electron chi connectivity index (χ0n) is 18.2. The first-order chi connectivity index (χ1) is 15.7. The zero-order chi connectivity index (χ0) is 21.9. The third kappa shape index (κ3) is 4.10. The van der Waals surface area contributed by atoms with Crippen LogP contribution in [0.2, 0.25) is 0 Å². The lowest BCUT2D eigenvalue weighted by Crippen LogP contribution is -2.36. The fourth-order valence-electron chi connectivity index (χ4n) is 4.71. The van der Waals surface area contributed by atoms with Crippen LogP contribution in [0, 0.1) is 0 Å². The molecule has 0 spiro atoms. The highest BCUT2D eigenvalue weighted by Gasteiger charge is 2.30. The van der Waals surface area contributed by atoms with E-state index in [0.717, 1.165) is 30.8 Å². The second-order valence-corrected chi connectivity index (χ2v) is 8.33. The van der Waals surface area contributed by atoms with Crippen molar-refractivity contribution in [3.63, 3.8) is 0 Å². The highest BCUT2D eigenvalue weighted by Crippen LogP contribution is 2.38. The van der Waals surface area contributed by atoms with Crippen molar-refractivity contribution in [2.75, 3.05) is 18.4 Å². The summed E-state index contributed by atoms with van der Waals surface area (Å²) in [6.45, 7) is 3.40. The number of benzene rings is 3. The van der Waals surface area contributed by atoms with Gasteiger partial charge in [0.25, 0.3) is 0 Å². The van der Waals surface area contributed by atoms with Crippen LogP contribution in [-0.2, 0) is 11.2 Å². The Morgan fingerprint density at radius 3 is 2.56 bits per heavy atom. The summed E-state index contributed by atoms with van der Waals surface area (Å²) < 4.78 is 0. The topological polar surface area (TPSA) is 48.1 Å². The van der Waals surface area contributed by atoms with E-state index in [2.05, 4.69) is 82.0 Å². The van der Waals surface area contributed by atoms with Gasteiger partial charge in [0.15, 0.2) is 0 Å². The van der Waals surface area contributed by atoms with E-state index in [1.165, 1.54) is 34.6 Å². The first-order valence-electron chi connectivity index (χ1n) is 11.1. The van der Waals surface area contributed by atoms with E-state index in [4.69, 9.17) is 0 Å². The van der Waals surface area contributed by atoms with E-state index in [1.54, 1.807) is 0 Å². The van der Waals surface area contributed by atoms with Crippen molar-refractivity contribution in [3.8, 4) is 0 Å². The lowest BCUT2D eigenvalue weighted by atomic mass is 9.92. The molecule has 2 N–H and O–H groups in total. The number of hydrogen-bond acceptors (Lipinski definition) is 2. The number of hydrogen-bond donors (Lipinski definition) is 2. The minimum atomic E-state index is -0.0540. The largest absolute Gasteiger partial charge is 0.357 e. The van der Waals surface area contributed by atoms with Crippen LogP contribution in [0.15, 0.2) is 84.9 Å². The summed E-state index contributed by atoms with van der Waals surface area (Å²) in [5.41, 5.74) is 7.24. The van der Waals surface area contributed by atoms with E-state index < -0.39 is 0 Å². The number of carbonyl (C=O) groups is 1. The minimum Gasteiger partial charge on any atom is -0.357 e. The molecule has 0 aliphatic carbocycles. The lowest BCUT2D eigenvalue weighted by Gasteiger charge is -2.35. The maximum absolute atomic E-state index is 11.2. The average molecular weight is 422 g/mol. The molecule has 4 nitrogen and oxygen atoms in total. The van der Waals surface area contributed by atoms with Gasteiger partial charge in [-0.15, -0.1) is 0 Å². The monoisotopic (exact) mass is 421 g/mol. The molecule has 1 aliphatic rings. The molecule has 0 saturated carbocycles. The van der Waals surface area contributed by atoms with Crippen LogP contribution in [0.25, 0.3) is 17.0 Å². The fourth-order valence-corrected chi connectivity index (χ4v) is 4.71. The molecule has 4 heteroatoms. The molecular formula is C28H27N3O. The number of nitrogens with zero attached hydrogens (tertiary/aromatic N) is 1. The number of H-pyrrole nitrogens is 1. The summed E-state index contributed by atoms with van der Waals surface area (Å²) in [6, 6.07) is 27.5. The number of fused-ring (bicyclic) bond motifs is 3. The van der Waals surface area contributed by atoms with Gasteiger partial charge in [0.05, 0.1) is 6.04 Å². The van der Waals surface area contributed by atoms with Gasteiger partial charge < -0.3 is 10.3 Å². The van der Waals surface area contributed by atoms with Crippen LogP contribution in [0.4, 0.5) is 5.69 Å². The molecule has 1 aliphatic heterocycles. The summed E-state index contributed by atoms with van der Waals surface area (Å²) in [6.07, 6.45) is 5.43. The van der Waals surface area contributed by atoms with E-state index in [0.29, 0.717) is 0 Å². The smallest absolute Gasteiger partial charge is 0.221 e. The Labute approximate surface area is 188 Å². The van der Waals surface area contributed by atoms with Gasteiger partial charge in [-0.3, -0.25) is 9.69 Å². The van der Waals surface area contributed by atoms with Gasteiger partial charge in [-0.2, -0.15) is 0 Å². The number of rotatable bonds is 5. The van der Waals surface area contributed by atoms with E-state index in [9.17, 15) is 4.79 Å². The number of aromatic amines is 1. The maximum atomic E-state index is 11.2. The molecule has 5 rings (SSSR count). The van der Waals surface area contributed by atoms with E-state index in [1.807, 2.05) is 24.3 Å². The van der Waals surface area contributed by atoms with Crippen LogP contribution in [-0.4, -0.2) is 28.9 Å². The number of nitrogens with one attached hydrogen (secondary N) is 2. The Morgan fingerprint density at radius 2 is 1.78 bits per heavy atom. The fraction of sp³-hybridized carbons (Fsp3) is 0.179. The Bertz CT molecular complexity index is 1260. The van der Waals surface area contributed by atoms with Crippen LogP contribution in [0.5, 0.6) is 0 Å².